The zero-order chi connectivity index (χ0) is 11.9. The lowest BCUT2D eigenvalue weighted by molar-refractivity contribution is -0.130. The summed E-state index contributed by atoms with van der Waals surface area (Å²) in [6, 6.07) is 0. The van der Waals surface area contributed by atoms with E-state index in [1.165, 1.54) is 7.11 Å². The Bertz CT molecular complexity index is 191. The summed E-state index contributed by atoms with van der Waals surface area (Å²) < 4.78 is 4.90. The Morgan fingerprint density at radius 1 is 1.60 bits per heavy atom. The molecule has 90 valence electrons. The molecule has 0 aliphatic rings. The molecule has 0 saturated heterocycles. The smallest absolute Gasteiger partial charge is 0.250 e. The van der Waals surface area contributed by atoms with Crippen molar-refractivity contribution >= 4 is 5.91 Å². The molecule has 0 fully saturated rings. The van der Waals surface area contributed by atoms with E-state index in [0.717, 1.165) is 0 Å². The standard InChI is InChI=1S/C10H22N2O3/c1-10(2,4-5-13)7-12-9(14)8(6-11)15-3/h8,13H,4-7,11H2,1-3H3,(H,12,14). The fraction of sp³-hybridized carbons (Fsp3) is 0.900. The van der Waals surface area contributed by atoms with Crippen molar-refractivity contribution in [1.29, 1.82) is 0 Å². The van der Waals surface area contributed by atoms with Crippen molar-refractivity contribution in [2.75, 3.05) is 26.8 Å². The maximum absolute atomic E-state index is 11.5. The molecule has 0 aromatic rings. The topological polar surface area (TPSA) is 84.6 Å². The van der Waals surface area contributed by atoms with Gasteiger partial charge in [-0.1, -0.05) is 13.8 Å². The second kappa shape index (κ2) is 6.76. The normalized spacial score (nSPS) is 13.7. The molecule has 5 heteroatoms. The Morgan fingerprint density at radius 2 is 2.20 bits per heavy atom. The first-order valence-corrected chi connectivity index (χ1v) is 5.08. The van der Waals surface area contributed by atoms with Crippen LogP contribution in [0.5, 0.6) is 0 Å². The van der Waals surface area contributed by atoms with Crippen molar-refractivity contribution in [3.63, 3.8) is 0 Å². The molecule has 0 aliphatic carbocycles. The molecule has 0 aromatic carbocycles. The Hall–Kier alpha value is -0.650. The number of hydrogen-bond acceptors (Lipinski definition) is 4. The summed E-state index contributed by atoms with van der Waals surface area (Å²) in [4.78, 5) is 11.5. The number of carbonyl (C=O) groups is 1. The monoisotopic (exact) mass is 218 g/mol. The van der Waals surface area contributed by atoms with Gasteiger partial charge in [-0.15, -0.1) is 0 Å². The van der Waals surface area contributed by atoms with Gasteiger partial charge in [-0.05, 0) is 11.8 Å². The Labute approximate surface area is 91.0 Å². The lowest BCUT2D eigenvalue weighted by Gasteiger charge is -2.25. The number of nitrogens with one attached hydrogen (secondary N) is 1. The minimum atomic E-state index is -0.588. The maximum Gasteiger partial charge on any atom is 0.250 e. The number of carbonyl (C=O) groups excluding carboxylic acids is 1. The number of aliphatic hydroxyl groups excluding tert-OH is 1. The molecule has 0 saturated carbocycles. The second-order valence-corrected chi connectivity index (χ2v) is 4.32. The van der Waals surface area contributed by atoms with Crippen LogP contribution in [0.25, 0.3) is 0 Å². The van der Waals surface area contributed by atoms with Gasteiger partial charge in [0.25, 0.3) is 0 Å². The van der Waals surface area contributed by atoms with Crippen LogP contribution in [0.2, 0.25) is 0 Å². The number of methoxy groups -OCH3 is 1. The molecule has 0 heterocycles. The highest BCUT2D eigenvalue weighted by atomic mass is 16.5. The van der Waals surface area contributed by atoms with Gasteiger partial charge in [0.1, 0.15) is 6.10 Å². The molecule has 0 aliphatic heterocycles. The Morgan fingerprint density at radius 3 is 2.60 bits per heavy atom. The highest BCUT2D eigenvalue weighted by molar-refractivity contribution is 5.81. The van der Waals surface area contributed by atoms with Gasteiger partial charge in [0.05, 0.1) is 0 Å². The lowest BCUT2D eigenvalue weighted by Crippen LogP contribution is -2.44. The fourth-order valence-electron chi connectivity index (χ4n) is 1.14. The molecule has 5 nitrogen and oxygen atoms in total. The zero-order valence-electron chi connectivity index (χ0n) is 9.75. The number of hydrogen-bond donors (Lipinski definition) is 3. The van der Waals surface area contributed by atoms with Crippen molar-refractivity contribution in [3.05, 3.63) is 0 Å². The molecule has 0 bridgehead atoms. The number of ether oxygens (including phenoxy) is 1. The van der Waals surface area contributed by atoms with E-state index in [1.54, 1.807) is 0 Å². The van der Waals surface area contributed by atoms with Crippen LogP contribution in [0.1, 0.15) is 20.3 Å². The predicted molar refractivity (Wildman–Crippen MR) is 58.3 cm³/mol. The Balaban J connectivity index is 3.98. The second-order valence-electron chi connectivity index (χ2n) is 4.32. The zero-order valence-corrected chi connectivity index (χ0v) is 9.75. The lowest BCUT2D eigenvalue weighted by atomic mass is 9.90. The predicted octanol–water partition coefficient (Wildman–Crippen LogP) is -0.515. The summed E-state index contributed by atoms with van der Waals surface area (Å²) >= 11 is 0. The third-order valence-corrected chi connectivity index (χ3v) is 2.32. The first-order valence-electron chi connectivity index (χ1n) is 5.08. The summed E-state index contributed by atoms with van der Waals surface area (Å²) in [5.74, 6) is -0.203. The van der Waals surface area contributed by atoms with Gasteiger partial charge in [-0.3, -0.25) is 4.79 Å². The summed E-state index contributed by atoms with van der Waals surface area (Å²) in [5.41, 5.74) is 5.24. The van der Waals surface area contributed by atoms with Gasteiger partial charge < -0.3 is 20.9 Å². The van der Waals surface area contributed by atoms with Gasteiger partial charge in [0, 0.05) is 26.8 Å². The van der Waals surface area contributed by atoms with E-state index in [2.05, 4.69) is 5.32 Å². The number of amides is 1. The minimum absolute atomic E-state index is 0.114. The summed E-state index contributed by atoms with van der Waals surface area (Å²) in [5, 5.41) is 11.6. The first-order chi connectivity index (χ1) is 6.96. The van der Waals surface area contributed by atoms with E-state index in [-0.39, 0.29) is 24.5 Å². The number of aliphatic hydroxyl groups is 1. The Kier molecular flexibility index (Phi) is 6.47. The molecule has 0 aromatic heterocycles. The third-order valence-electron chi connectivity index (χ3n) is 2.32. The number of nitrogens with two attached hydrogens (primary N) is 1. The van der Waals surface area contributed by atoms with Crippen LogP contribution in [0.3, 0.4) is 0 Å². The van der Waals surface area contributed by atoms with Gasteiger partial charge in [0.15, 0.2) is 0 Å². The first kappa shape index (κ1) is 14.3. The van der Waals surface area contributed by atoms with Crippen LogP contribution in [-0.4, -0.2) is 43.9 Å². The number of rotatable bonds is 7. The molecule has 15 heavy (non-hydrogen) atoms. The molecule has 1 unspecified atom stereocenters. The highest BCUT2D eigenvalue weighted by Crippen LogP contribution is 2.17. The van der Waals surface area contributed by atoms with Crippen molar-refractivity contribution in [3.8, 4) is 0 Å². The largest absolute Gasteiger partial charge is 0.396 e. The molecular formula is C10H22N2O3. The summed E-state index contributed by atoms with van der Waals surface area (Å²) in [6.45, 7) is 4.75. The molecule has 1 atom stereocenters. The van der Waals surface area contributed by atoms with Crippen molar-refractivity contribution < 1.29 is 14.6 Å². The highest BCUT2D eigenvalue weighted by Gasteiger charge is 2.21. The van der Waals surface area contributed by atoms with Crippen molar-refractivity contribution in [1.82, 2.24) is 5.32 Å². The van der Waals surface area contributed by atoms with E-state index in [0.29, 0.717) is 13.0 Å². The van der Waals surface area contributed by atoms with Crippen LogP contribution in [-0.2, 0) is 9.53 Å². The van der Waals surface area contributed by atoms with E-state index in [9.17, 15) is 4.79 Å². The van der Waals surface area contributed by atoms with Crippen molar-refractivity contribution in [2.24, 2.45) is 11.1 Å². The van der Waals surface area contributed by atoms with E-state index in [4.69, 9.17) is 15.6 Å². The van der Waals surface area contributed by atoms with Crippen LogP contribution in [0, 0.1) is 5.41 Å². The average molecular weight is 218 g/mol. The quantitative estimate of drug-likeness (QED) is 0.537. The SMILES string of the molecule is COC(CN)C(=O)NCC(C)(C)CCO. The molecule has 0 spiro atoms. The fourth-order valence-corrected chi connectivity index (χ4v) is 1.14. The minimum Gasteiger partial charge on any atom is -0.396 e. The van der Waals surface area contributed by atoms with E-state index < -0.39 is 6.10 Å². The summed E-state index contributed by atoms with van der Waals surface area (Å²) in [6.07, 6.45) is 0.0584. The van der Waals surface area contributed by atoms with E-state index in [1.807, 2.05) is 13.8 Å². The maximum atomic E-state index is 11.5. The average Bonchev–Trinajstić information content (AvgIpc) is 2.17. The third kappa shape index (κ3) is 5.71. The van der Waals surface area contributed by atoms with E-state index >= 15 is 0 Å². The molecule has 1 amide bonds. The van der Waals surface area contributed by atoms with Gasteiger partial charge in [-0.2, -0.15) is 0 Å². The van der Waals surface area contributed by atoms with Crippen LogP contribution in [0.15, 0.2) is 0 Å². The molecular weight excluding hydrogens is 196 g/mol. The molecule has 0 radical (unpaired) electrons. The van der Waals surface area contributed by atoms with Gasteiger partial charge in [-0.25, -0.2) is 0 Å². The van der Waals surface area contributed by atoms with Crippen LogP contribution >= 0.6 is 0 Å². The van der Waals surface area contributed by atoms with Crippen LogP contribution < -0.4 is 11.1 Å². The molecule has 4 N–H and O–H groups in total. The van der Waals surface area contributed by atoms with Gasteiger partial charge in [0.2, 0.25) is 5.91 Å². The summed E-state index contributed by atoms with van der Waals surface area (Å²) in [7, 11) is 1.45. The van der Waals surface area contributed by atoms with Gasteiger partial charge >= 0.3 is 0 Å². The van der Waals surface area contributed by atoms with Crippen molar-refractivity contribution in [2.45, 2.75) is 26.4 Å². The molecule has 0 rings (SSSR count). The van der Waals surface area contributed by atoms with Crippen LogP contribution in [0.4, 0.5) is 0 Å².